The van der Waals surface area contributed by atoms with Crippen molar-refractivity contribution in [3.05, 3.63) is 35.4 Å². The van der Waals surface area contributed by atoms with Crippen LogP contribution in [0.4, 0.5) is 0 Å². The first-order chi connectivity index (χ1) is 9.88. The van der Waals surface area contributed by atoms with Crippen molar-refractivity contribution in [1.82, 2.24) is 10.6 Å². The normalized spacial score (nSPS) is 19.6. The van der Waals surface area contributed by atoms with Gasteiger partial charge in [-0.2, -0.15) is 0 Å². The maximum atomic E-state index is 12.2. The average Bonchev–Trinajstić information content (AvgIpc) is 2.63. The molecule has 1 atom stereocenters. The molecule has 1 aliphatic heterocycles. The summed E-state index contributed by atoms with van der Waals surface area (Å²) in [4.78, 5) is 24.1. The first-order valence-electron chi connectivity index (χ1n) is 7.57. The second-order valence-electron chi connectivity index (χ2n) is 6.64. The predicted octanol–water partition coefficient (Wildman–Crippen LogP) is 2.38. The minimum absolute atomic E-state index is 0.0657. The SMILES string of the molecule is CC(C)(C)c1ccc(C(=O)N[C@H]2CCCCNC2=O)cc1. The van der Waals surface area contributed by atoms with Crippen LogP contribution in [0.15, 0.2) is 24.3 Å². The van der Waals surface area contributed by atoms with Gasteiger partial charge in [-0.15, -0.1) is 0 Å². The topological polar surface area (TPSA) is 58.2 Å². The summed E-state index contributed by atoms with van der Waals surface area (Å²) in [5.74, 6) is -0.260. The number of rotatable bonds is 2. The summed E-state index contributed by atoms with van der Waals surface area (Å²) in [5.41, 5.74) is 1.85. The van der Waals surface area contributed by atoms with E-state index in [1.807, 2.05) is 24.3 Å². The van der Waals surface area contributed by atoms with Crippen molar-refractivity contribution < 1.29 is 9.59 Å². The molecule has 1 saturated heterocycles. The monoisotopic (exact) mass is 288 g/mol. The second-order valence-corrected chi connectivity index (χ2v) is 6.64. The third-order valence-corrected chi connectivity index (χ3v) is 3.85. The summed E-state index contributed by atoms with van der Waals surface area (Å²) < 4.78 is 0. The molecule has 0 spiro atoms. The number of carbonyl (C=O) groups excluding carboxylic acids is 2. The molecule has 0 unspecified atom stereocenters. The van der Waals surface area contributed by atoms with Gasteiger partial charge in [0.1, 0.15) is 6.04 Å². The van der Waals surface area contributed by atoms with E-state index in [1.54, 1.807) is 0 Å². The Bertz CT molecular complexity index is 515. The quantitative estimate of drug-likeness (QED) is 0.878. The second kappa shape index (κ2) is 6.29. The molecule has 1 aliphatic rings. The molecule has 114 valence electrons. The molecule has 0 aromatic heterocycles. The zero-order valence-electron chi connectivity index (χ0n) is 13.0. The lowest BCUT2D eigenvalue weighted by atomic mass is 9.86. The minimum atomic E-state index is -0.415. The lowest BCUT2D eigenvalue weighted by molar-refractivity contribution is -0.122. The summed E-state index contributed by atoms with van der Waals surface area (Å²) in [6.07, 6.45) is 2.63. The van der Waals surface area contributed by atoms with Crippen LogP contribution in [-0.4, -0.2) is 24.4 Å². The van der Waals surface area contributed by atoms with E-state index in [9.17, 15) is 9.59 Å². The maximum Gasteiger partial charge on any atom is 0.251 e. The Hall–Kier alpha value is -1.84. The smallest absolute Gasteiger partial charge is 0.251 e. The minimum Gasteiger partial charge on any atom is -0.354 e. The van der Waals surface area contributed by atoms with Gasteiger partial charge in [0.25, 0.3) is 5.91 Å². The molecular formula is C17H24N2O2. The zero-order valence-corrected chi connectivity index (χ0v) is 13.0. The molecule has 2 amide bonds. The van der Waals surface area contributed by atoms with Gasteiger partial charge < -0.3 is 10.6 Å². The molecule has 0 saturated carbocycles. The molecule has 0 radical (unpaired) electrons. The third kappa shape index (κ3) is 4.06. The van der Waals surface area contributed by atoms with Crippen LogP contribution in [0.1, 0.15) is 56.0 Å². The fourth-order valence-corrected chi connectivity index (χ4v) is 2.44. The average molecular weight is 288 g/mol. The summed E-state index contributed by atoms with van der Waals surface area (Å²) in [7, 11) is 0. The van der Waals surface area contributed by atoms with Gasteiger partial charge in [0.05, 0.1) is 0 Å². The number of nitrogens with one attached hydrogen (secondary N) is 2. The molecular weight excluding hydrogens is 264 g/mol. The zero-order chi connectivity index (χ0) is 15.5. The van der Waals surface area contributed by atoms with Crippen LogP contribution in [0.3, 0.4) is 0 Å². The van der Waals surface area contributed by atoms with Crippen molar-refractivity contribution in [2.75, 3.05) is 6.54 Å². The first-order valence-corrected chi connectivity index (χ1v) is 7.57. The van der Waals surface area contributed by atoms with E-state index < -0.39 is 6.04 Å². The van der Waals surface area contributed by atoms with Crippen LogP contribution < -0.4 is 10.6 Å². The molecule has 1 heterocycles. The van der Waals surface area contributed by atoms with Crippen molar-refractivity contribution in [2.24, 2.45) is 0 Å². The van der Waals surface area contributed by atoms with Gasteiger partial charge in [0, 0.05) is 12.1 Å². The van der Waals surface area contributed by atoms with E-state index in [0.29, 0.717) is 18.5 Å². The van der Waals surface area contributed by atoms with Crippen LogP contribution in [0.25, 0.3) is 0 Å². The van der Waals surface area contributed by atoms with Gasteiger partial charge in [-0.1, -0.05) is 32.9 Å². The Kier molecular flexibility index (Phi) is 4.66. The Morgan fingerprint density at radius 1 is 1.19 bits per heavy atom. The summed E-state index contributed by atoms with van der Waals surface area (Å²) >= 11 is 0. The Balaban J connectivity index is 2.04. The number of amides is 2. The summed E-state index contributed by atoms with van der Waals surface area (Å²) in [6, 6.07) is 7.18. The fraction of sp³-hybridized carbons (Fsp3) is 0.529. The lowest BCUT2D eigenvalue weighted by Crippen LogP contribution is -2.45. The van der Waals surface area contributed by atoms with Crippen LogP contribution in [0, 0.1) is 0 Å². The Morgan fingerprint density at radius 2 is 1.86 bits per heavy atom. The number of carbonyl (C=O) groups is 2. The van der Waals surface area contributed by atoms with Crippen LogP contribution in [0.2, 0.25) is 0 Å². The van der Waals surface area contributed by atoms with Crippen LogP contribution >= 0.6 is 0 Å². The van der Waals surface area contributed by atoms with Gasteiger partial charge in [-0.05, 0) is 42.4 Å². The van der Waals surface area contributed by atoms with Crippen molar-refractivity contribution in [1.29, 1.82) is 0 Å². The first kappa shape index (κ1) is 15.5. The van der Waals surface area contributed by atoms with Crippen LogP contribution in [0.5, 0.6) is 0 Å². The van der Waals surface area contributed by atoms with E-state index in [4.69, 9.17) is 0 Å². The maximum absolute atomic E-state index is 12.2. The standard InChI is InChI=1S/C17H24N2O2/c1-17(2,3)13-9-7-12(8-10-13)15(20)19-14-6-4-5-11-18-16(14)21/h7-10,14H,4-6,11H2,1-3H3,(H,18,21)(H,19,20)/t14-/m0/s1. The molecule has 2 N–H and O–H groups in total. The Morgan fingerprint density at radius 3 is 2.48 bits per heavy atom. The molecule has 4 heteroatoms. The number of hydrogen-bond donors (Lipinski definition) is 2. The van der Waals surface area contributed by atoms with Crippen molar-refractivity contribution in [3.8, 4) is 0 Å². The third-order valence-electron chi connectivity index (χ3n) is 3.85. The fourth-order valence-electron chi connectivity index (χ4n) is 2.44. The Labute approximate surface area is 126 Å². The highest BCUT2D eigenvalue weighted by Crippen LogP contribution is 2.22. The molecule has 1 aromatic carbocycles. The molecule has 1 fully saturated rings. The summed E-state index contributed by atoms with van der Waals surface area (Å²) in [6.45, 7) is 7.11. The lowest BCUT2D eigenvalue weighted by Gasteiger charge is -2.19. The van der Waals surface area contributed by atoms with Gasteiger partial charge in [-0.25, -0.2) is 0 Å². The van der Waals surface area contributed by atoms with Crippen LogP contribution in [-0.2, 0) is 10.2 Å². The van der Waals surface area contributed by atoms with Gasteiger partial charge in [0.15, 0.2) is 0 Å². The van der Waals surface area contributed by atoms with Crippen molar-refractivity contribution >= 4 is 11.8 Å². The van der Waals surface area contributed by atoms with Crippen molar-refractivity contribution in [3.63, 3.8) is 0 Å². The predicted molar refractivity (Wildman–Crippen MR) is 83.3 cm³/mol. The highest BCUT2D eigenvalue weighted by atomic mass is 16.2. The highest BCUT2D eigenvalue weighted by Gasteiger charge is 2.23. The van der Waals surface area contributed by atoms with E-state index in [-0.39, 0.29) is 17.2 Å². The molecule has 1 aromatic rings. The van der Waals surface area contributed by atoms with E-state index in [2.05, 4.69) is 31.4 Å². The summed E-state index contributed by atoms with van der Waals surface area (Å²) in [5, 5.41) is 5.66. The van der Waals surface area contributed by atoms with Gasteiger partial charge >= 0.3 is 0 Å². The molecule has 21 heavy (non-hydrogen) atoms. The van der Waals surface area contributed by atoms with E-state index >= 15 is 0 Å². The molecule has 0 bridgehead atoms. The van der Waals surface area contributed by atoms with E-state index in [1.165, 1.54) is 5.56 Å². The van der Waals surface area contributed by atoms with E-state index in [0.717, 1.165) is 12.8 Å². The number of benzene rings is 1. The molecule has 4 nitrogen and oxygen atoms in total. The number of hydrogen-bond acceptors (Lipinski definition) is 2. The molecule has 0 aliphatic carbocycles. The highest BCUT2D eigenvalue weighted by molar-refractivity contribution is 5.97. The largest absolute Gasteiger partial charge is 0.354 e. The molecule has 2 rings (SSSR count). The van der Waals surface area contributed by atoms with Gasteiger partial charge in [-0.3, -0.25) is 9.59 Å². The van der Waals surface area contributed by atoms with Crippen molar-refractivity contribution in [2.45, 2.75) is 51.5 Å². The van der Waals surface area contributed by atoms with Gasteiger partial charge in [0.2, 0.25) is 5.91 Å².